The Morgan fingerprint density at radius 1 is 1.10 bits per heavy atom. The van der Waals surface area contributed by atoms with Crippen molar-refractivity contribution in [2.75, 3.05) is 12.4 Å². The van der Waals surface area contributed by atoms with Gasteiger partial charge in [0.1, 0.15) is 11.6 Å². The number of ether oxygens (including phenoxy) is 2. The van der Waals surface area contributed by atoms with Crippen molar-refractivity contribution >= 4 is 27.6 Å². The Hall–Kier alpha value is -3.12. The van der Waals surface area contributed by atoms with Gasteiger partial charge in [-0.25, -0.2) is 22.3 Å². The van der Waals surface area contributed by atoms with Gasteiger partial charge in [-0.15, -0.1) is 0 Å². The third kappa shape index (κ3) is 5.70. The summed E-state index contributed by atoms with van der Waals surface area (Å²) < 4.78 is 73.7. The largest absolute Gasteiger partial charge is 0.449 e. The highest BCUT2D eigenvalue weighted by Crippen LogP contribution is 2.26. The van der Waals surface area contributed by atoms with Crippen LogP contribution in [0, 0.1) is 5.82 Å². The van der Waals surface area contributed by atoms with Crippen LogP contribution < -0.4 is 14.8 Å². The lowest BCUT2D eigenvalue weighted by Crippen LogP contribution is -2.30. The Bertz CT molecular complexity index is 1050. The van der Waals surface area contributed by atoms with Crippen molar-refractivity contribution in [1.82, 2.24) is 4.72 Å². The maximum absolute atomic E-state index is 14.0. The molecule has 1 atom stereocenters. The summed E-state index contributed by atoms with van der Waals surface area (Å²) in [4.78, 5) is 24.1. The SMILES string of the molecule is CNS(=O)(=O)c1ccc(F)c(C(=O)OC(C)C(=O)Nc2ccccc2OC(F)F)c1. The van der Waals surface area contributed by atoms with E-state index in [9.17, 15) is 31.2 Å². The van der Waals surface area contributed by atoms with Crippen LogP contribution in [0.15, 0.2) is 47.4 Å². The number of benzene rings is 2. The van der Waals surface area contributed by atoms with E-state index in [2.05, 4.69) is 10.1 Å². The Labute approximate surface area is 170 Å². The highest BCUT2D eigenvalue weighted by atomic mass is 32.2. The molecule has 2 rings (SSSR count). The van der Waals surface area contributed by atoms with E-state index in [4.69, 9.17) is 4.74 Å². The second-order valence-corrected chi connectivity index (χ2v) is 7.65. The molecule has 12 heteroatoms. The summed E-state index contributed by atoms with van der Waals surface area (Å²) in [6, 6.07) is 7.83. The number of esters is 1. The molecule has 0 saturated carbocycles. The number of carbonyl (C=O) groups excluding carboxylic acids is 2. The van der Waals surface area contributed by atoms with Crippen molar-refractivity contribution in [2.45, 2.75) is 24.5 Å². The predicted molar refractivity (Wildman–Crippen MR) is 99.2 cm³/mol. The Kier molecular flexibility index (Phi) is 7.40. The maximum Gasteiger partial charge on any atom is 0.387 e. The quantitative estimate of drug-likeness (QED) is 0.603. The molecular weight excluding hydrogens is 429 g/mol. The predicted octanol–water partition coefficient (Wildman–Crippen LogP) is 2.52. The lowest BCUT2D eigenvalue weighted by atomic mass is 10.2. The monoisotopic (exact) mass is 446 g/mol. The van der Waals surface area contributed by atoms with Gasteiger partial charge in [-0.2, -0.15) is 8.78 Å². The van der Waals surface area contributed by atoms with Gasteiger partial charge in [0.2, 0.25) is 10.0 Å². The molecular formula is C18H17F3N2O6S. The number of carbonyl (C=O) groups is 2. The van der Waals surface area contributed by atoms with Crippen LogP contribution in [0.4, 0.5) is 18.9 Å². The van der Waals surface area contributed by atoms with Crippen molar-refractivity contribution in [3.63, 3.8) is 0 Å². The van der Waals surface area contributed by atoms with Crippen LogP contribution in [0.25, 0.3) is 0 Å². The molecule has 162 valence electrons. The van der Waals surface area contributed by atoms with Gasteiger partial charge in [0.15, 0.2) is 6.10 Å². The molecule has 0 spiro atoms. The van der Waals surface area contributed by atoms with Gasteiger partial charge in [0, 0.05) is 0 Å². The van der Waals surface area contributed by atoms with E-state index >= 15 is 0 Å². The molecule has 2 aromatic rings. The smallest absolute Gasteiger partial charge is 0.387 e. The minimum Gasteiger partial charge on any atom is -0.449 e. The Morgan fingerprint density at radius 2 is 1.77 bits per heavy atom. The third-order valence-corrected chi connectivity index (χ3v) is 5.16. The van der Waals surface area contributed by atoms with Gasteiger partial charge in [-0.1, -0.05) is 12.1 Å². The van der Waals surface area contributed by atoms with E-state index in [-0.39, 0.29) is 16.3 Å². The number of anilines is 1. The number of nitrogens with one attached hydrogen (secondary N) is 2. The number of para-hydroxylation sites is 2. The standard InChI is InChI=1S/C18H17F3N2O6S/c1-10(16(24)23-14-5-3-4-6-15(14)29-18(20)21)28-17(25)12-9-11(7-8-13(12)19)30(26,27)22-2/h3-10,18,22H,1-2H3,(H,23,24). The zero-order valence-corrected chi connectivity index (χ0v) is 16.5. The number of hydrogen-bond donors (Lipinski definition) is 2. The molecule has 30 heavy (non-hydrogen) atoms. The Balaban J connectivity index is 2.15. The average Bonchev–Trinajstić information content (AvgIpc) is 2.69. The molecule has 0 aliphatic heterocycles. The zero-order valence-electron chi connectivity index (χ0n) is 15.7. The first kappa shape index (κ1) is 23.2. The van der Waals surface area contributed by atoms with Gasteiger partial charge in [-0.05, 0) is 44.3 Å². The lowest BCUT2D eigenvalue weighted by Gasteiger charge is -2.16. The first-order valence-electron chi connectivity index (χ1n) is 8.34. The molecule has 8 nitrogen and oxygen atoms in total. The second-order valence-electron chi connectivity index (χ2n) is 5.76. The summed E-state index contributed by atoms with van der Waals surface area (Å²) in [5.41, 5.74) is -0.800. The summed E-state index contributed by atoms with van der Waals surface area (Å²) in [6.45, 7) is -1.96. The van der Waals surface area contributed by atoms with Crippen LogP contribution in [0.3, 0.4) is 0 Å². The minimum absolute atomic E-state index is 0.0982. The Morgan fingerprint density at radius 3 is 2.40 bits per heavy atom. The molecule has 0 saturated heterocycles. The molecule has 0 radical (unpaired) electrons. The van der Waals surface area contributed by atoms with Crippen molar-refractivity contribution in [1.29, 1.82) is 0 Å². The normalized spacial score (nSPS) is 12.3. The van der Waals surface area contributed by atoms with Crippen LogP contribution in [0.1, 0.15) is 17.3 Å². The molecule has 2 N–H and O–H groups in total. The second kappa shape index (κ2) is 9.59. The third-order valence-electron chi connectivity index (χ3n) is 3.75. The molecule has 2 aromatic carbocycles. The van der Waals surface area contributed by atoms with Gasteiger partial charge < -0.3 is 14.8 Å². The molecule has 0 aliphatic rings. The first-order chi connectivity index (χ1) is 14.0. The van der Waals surface area contributed by atoms with Crippen molar-refractivity contribution in [2.24, 2.45) is 0 Å². The molecule has 1 amide bonds. The summed E-state index contributed by atoms with van der Waals surface area (Å²) in [7, 11) is -2.81. The summed E-state index contributed by atoms with van der Waals surface area (Å²) in [6.07, 6.45) is -1.47. The maximum atomic E-state index is 14.0. The number of amides is 1. The molecule has 0 aromatic heterocycles. The fourth-order valence-corrected chi connectivity index (χ4v) is 2.98. The van der Waals surface area contributed by atoms with Crippen LogP contribution in [0.2, 0.25) is 0 Å². The van der Waals surface area contributed by atoms with Crippen molar-refractivity contribution in [3.8, 4) is 5.75 Å². The van der Waals surface area contributed by atoms with Crippen LogP contribution >= 0.6 is 0 Å². The highest BCUT2D eigenvalue weighted by molar-refractivity contribution is 7.89. The molecule has 0 bridgehead atoms. The fourth-order valence-electron chi connectivity index (χ4n) is 2.23. The van der Waals surface area contributed by atoms with Gasteiger partial charge in [0.25, 0.3) is 5.91 Å². The van der Waals surface area contributed by atoms with Crippen molar-refractivity contribution in [3.05, 3.63) is 53.8 Å². The number of halogens is 3. The number of alkyl halides is 2. The van der Waals surface area contributed by atoms with Crippen molar-refractivity contribution < 1.29 is 40.7 Å². The lowest BCUT2D eigenvalue weighted by molar-refractivity contribution is -0.123. The number of sulfonamides is 1. The summed E-state index contributed by atoms with van der Waals surface area (Å²) >= 11 is 0. The minimum atomic E-state index is -3.95. The summed E-state index contributed by atoms with van der Waals surface area (Å²) in [5, 5.41) is 2.26. The average molecular weight is 446 g/mol. The number of hydrogen-bond acceptors (Lipinski definition) is 6. The fraction of sp³-hybridized carbons (Fsp3) is 0.222. The van der Waals surface area contributed by atoms with E-state index in [1.165, 1.54) is 24.3 Å². The number of rotatable bonds is 8. The van der Waals surface area contributed by atoms with Crippen LogP contribution in [-0.4, -0.2) is 40.1 Å². The van der Waals surface area contributed by atoms with Gasteiger partial charge >= 0.3 is 12.6 Å². The van der Waals surface area contributed by atoms with E-state index in [0.717, 1.165) is 32.2 Å². The topological polar surface area (TPSA) is 111 Å². The van der Waals surface area contributed by atoms with Crippen LogP contribution in [-0.2, 0) is 19.6 Å². The van der Waals surface area contributed by atoms with Gasteiger partial charge in [-0.3, -0.25) is 4.79 Å². The van der Waals surface area contributed by atoms with E-state index < -0.39 is 46.0 Å². The zero-order chi connectivity index (χ0) is 22.5. The van der Waals surface area contributed by atoms with Crippen LogP contribution in [0.5, 0.6) is 5.75 Å². The highest BCUT2D eigenvalue weighted by Gasteiger charge is 2.24. The molecule has 0 fully saturated rings. The van der Waals surface area contributed by atoms with Gasteiger partial charge in [0.05, 0.1) is 16.1 Å². The van der Waals surface area contributed by atoms with E-state index in [1.54, 1.807) is 0 Å². The first-order valence-corrected chi connectivity index (χ1v) is 9.82. The van der Waals surface area contributed by atoms with E-state index in [0.29, 0.717) is 0 Å². The molecule has 0 aliphatic carbocycles. The van der Waals surface area contributed by atoms with E-state index in [1.807, 2.05) is 4.72 Å². The molecule has 0 heterocycles. The summed E-state index contributed by atoms with van der Waals surface area (Å²) in [5.74, 6) is -3.57. The molecule has 1 unspecified atom stereocenters.